The molecule has 0 radical (unpaired) electrons. The monoisotopic (exact) mass is 339 g/mol. The number of benzene rings is 1. The maximum atomic E-state index is 12.3. The van der Waals surface area contributed by atoms with E-state index in [2.05, 4.69) is 11.8 Å². The van der Waals surface area contributed by atoms with Gasteiger partial charge in [0, 0.05) is 31.9 Å². The van der Waals surface area contributed by atoms with Crippen molar-refractivity contribution in [1.29, 1.82) is 0 Å². The van der Waals surface area contributed by atoms with E-state index >= 15 is 0 Å². The van der Waals surface area contributed by atoms with E-state index in [1.54, 1.807) is 18.2 Å². The van der Waals surface area contributed by atoms with Crippen LogP contribution >= 0.6 is 36.4 Å². The Morgan fingerprint density at radius 2 is 1.85 bits per heavy atom. The van der Waals surface area contributed by atoms with Crippen LogP contribution in [0.15, 0.2) is 18.2 Å². The quantitative estimate of drug-likeness (QED) is 0.842. The van der Waals surface area contributed by atoms with E-state index in [1.807, 2.05) is 4.90 Å². The number of amides is 1. The van der Waals surface area contributed by atoms with Crippen molar-refractivity contribution in [2.45, 2.75) is 6.92 Å². The summed E-state index contributed by atoms with van der Waals surface area (Å²) in [6.45, 7) is 6.53. The molecule has 0 spiro atoms. The number of piperazine rings is 1. The molecule has 0 saturated carbocycles. The molecule has 1 aromatic rings. The van der Waals surface area contributed by atoms with Crippen LogP contribution in [0, 0.1) is 0 Å². The predicted molar refractivity (Wildman–Crippen MR) is 88.4 cm³/mol. The lowest BCUT2D eigenvalue weighted by Gasteiger charge is -2.34. The second kappa shape index (κ2) is 8.57. The van der Waals surface area contributed by atoms with E-state index in [-0.39, 0.29) is 30.7 Å². The standard InChI is InChI=1S/C13H18ClN3O.2ClH/c1-2-16-5-7-17(8-6-16)13(18)11-4-3-10(15)9-12(11)14;;/h3-4,9H,2,5-8,15H2,1H3;2*1H. The molecule has 0 atom stereocenters. The molecular weight excluding hydrogens is 321 g/mol. The van der Waals surface area contributed by atoms with Gasteiger partial charge in [-0.15, -0.1) is 24.8 Å². The van der Waals surface area contributed by atoms with Crippen molar-refractivity contribution < 1.29 is 4.79 Å². The number of anilines is 1. The molecule has 0 aromatic heterocycles. The highest BCUT2D eigenvalue weighted by Gasteiger charge is 2.22. The van der Waals surface area contributed by atoms with Gasteiger partial charge in [-0.05, 0) is 24.7 Å². The zero-order valence-electron chi connectivity index (χ0n) is 11.3. The third kappa shape index (κ3) is 4.42. The second-order valence-corrected chi connectivity index (χ2v) is 4.87. The number of hydrogen-bond donors (Lipinski definition) is 1. The number of rotatable bonds is 2. The van der Waals surface area contributed by atoms with E-state index in [0.717, 1.165) is 32.7 Å². The summed E-state index contributed by atoms with van der Waals surface area (Å²) in [7, 11) is 0. The van der Waals surface area contributed by atoms with Crippen LogP contribution in [-0.4, -0.2) is 48.4 Å². The molecule has 0 bridgehead atoms. The Hall–Kier alpha value is -0.680. The summed E-state index contributed by atoms with van der Waals surface area (Å²) in [4.78, 5) is 16.5. The Kier molecular flexibility index (Phi) is 8.28. The first-order chi connectivity index (χ1) is 8.61. The van der Waals surface area contributed by atoms with E-state index in [0.29, 0.717) is 16.3 Å². The molecule has 1 aliphatic rings. The smallest absolute Gasteiger partial charge is 0.255 e. The number of carbonyl (C=O) groups is 1. The van der Waals surface area contributed by atoms with Crippen molar-refractivity contribution in [3.05, 3.63) is 28.8 Å². The van der Waals surface area contributed by atoms with Crippen molar-refractivity contribution in [3.63, 3.8) is 0 Å². The maximum absolute atomic E-state index is 12.3. The Labute approximate surface area is 137 Å². The number of carbonyl (C=O) groups excluding carboxylic acids is 1. The van der Waals surface area contributed by atoms with Gasteiger partial charge in [-0.3, -0.25) is 4.79 Å². The fourth-order valence-electron chi connectivity index (χ4n) is 2.14. The van der Waals surface area contributed by atoms with E-state index in [1.165, 1.54) is 0 Å². The van der Waals surface area contributed by atoms with Crippen LogP contribution in [0.5, 0.6) is 0 Å². The molecule has 114 valence electrons. The van der Waals surface area contributed by atoms with Gasteiger partial charge in [0.1, 0.15) is 0 Å². The number of nitrogen functional groups attached to an aromatic ring is 1. The molecule has 1 aliphatic heterocycles. The largest absolute Gasteiger partial charge is 0.399 e. The first-order valence-electron chi connectivity index (χ1n) is 6.18. The molecule has 1 amide bonds. The molecule has 20 heavy (non-hydrogen) atoms. The van der Waals surface area contributed by atoms with Gasteiger partial charge < -0.3 is 15.5 Å². The summed E-state index contributed by atoms with van der Waals surface area (Å²) in [5.41, 5.74) is 6.74. The Morgan fingerprint density at radius 1 is 1.25 bits per heavy atom. The number of halogens is 3. The summed E-state index contributed by atoms with van der Waals surface area (Å²) in [6, 6.07) is 5.03. The maximum Gasteiger partial charge on any atom is 0.255 e. The third-order valence-electron chi connectivity index (χ3n) is 3.33. The van der Waals surface area contributed by atoms with Crippen LogP contribution in [0.4, 0.5) is 5.69 Å². The van der Waals surface area contributed by atoms with Crippen LogP contribution in [-0.2, 0) is 0 Å². The topological polar surface area (TPSA) is 49.6 Å². The predicted octanol–water partition coefficient (Wildman–Crippen LogP) is 2.54. The van der Waals surface area contributed by atoms with E-state index in [4.69, 9.17) is 17.3 Å². The number of nitrogens with two attached hydrogens (primary N) is 1. The summed E-state index contributed by atoms with van der Waals surface area (Å²) < 4.78 is 0. The van der Waals surface area contributed by atoms with Crippen molar-refractivity contribution >= 4 is 48.0 Å². The SMILES string of the molecule is CCN1CCN(C(=O)c2ccc(N)cc2Cl)CC1.Cl.Cl. The minimum Gasteiger partial charge on any atom is -0.399 e. The first-order valence-corrected chi connectivity index (χ1v) is 6.56. The highest BCUT2D eigenvalue weighted by molar-refractivity contribution is 6.34. The Bertz CT molecular complexity index is 448. The van der Waals surface area contributed by atoms with Gasteiger partial charge in [-0.25, -0.2) is 0 Å². The third-order valence-corrected chi connectivity index (χ3v) is 3.64. The summed E-state index contributed by atoms with van der Waals surface area (Å²) in [5.74, 6) is -0.00393. The van der Waals surface area contributed by atoms with Gasteiger partial charge in [0.2, 0.25) is 0 Å². The molecule has 1 saturated heterocycles. The van der Waals surface area contributed by atoms with Gasteiger partial charge >= 0.3 is 0 Å². The van der Waals surface area contributed by atoms with Crippen LogP contribution in [0.1, 0.15) is 17.3 Å². The lowest BCUT2D eigenvalue weighted by molar-refractivity contribution is 0.0643. The second-order valence-electron chi connectivity index (χ2n) is 4.47. The van der Waals surface area contributed by atoms with Crippen LogP contribution in [0.2, 0.25) is 5.02 Å². The van der Waals surface area contributed by atoms with Gasteiger partial charge in [0.05, 0.1) is 10.6 Å². The number of likely N-dealkylation sites (N-methyl/N-ethyl adjacent to an activating group) is 1. The fraction of sp³-hybridized carbons (Fsp3) is 0.462. The molecule has 4 nitrogen and oxygen atoms in total. The molecule has 1 fully saturated rings. The molecule has 2 N–H and O–H groups in total. The van der Waals surface area contributed by atoms with Crippen LogP contribution in [0.3, 0.4) is 0 Å². The molecular formula is C13H20Cl3N3O. The molecule has 0 unspecified atom stereocenters. The van der Waals surface area contributed by atoms with Gasteiger partial charge in [0.25, 0.3) is 5.91 Å². The molecule has 0 aliphatic carbocycles. The minimum atomic E-state index is -0.00393. The molecule has 2 rings (SSSR count). The minimum absolute atomic E-state index is 0. The van der Waals surface area contributed by atoms with Crippen molar-refractivity contribution in [1.82, 2.24) is 9.80 Å². The summed E-state index contributed by atoms with van der Waals surface area (Å²) in [6.07, 6.45) is 0. The molecule has 1 aromatic carbocycles. The molecule has 7 heteroatoms. The Balaban J connectivity index is 0.00000180. The number of nitrogens with zero attached hydrogens (tertiary/aromatic N) is 2. The summed E-state index contributed by atoms with van der Waals surface area (Å²) >= 11 is 6.06. The average molecular weight is 341 g/mol. The van der Waals surface area contributed by atoms with E-state index in [9.17, 15) is 4.79 Å². The lowest BCUT2D eigenvalue weighted by Crippen LogP contribution is -2.48. The van der Waals surface area contributed by atoms with Gasteiger partial charge in [0.15, 0.2) is 0 Å². The zero-order chi connectivity index (χ0) is 13.1. The Morgan fingerprint density at radius 3 is 2.35 bits per heavy atom. The fourth-order valence-corrected chi connectivity index (χ4v) is 2.41. The van der Waals surface area contributed by atoms with Gasteiger partial charge in [-0.2, -0.15) is 0 Å². The normalized spacial score (nSPS) is 15.2. The van der Waals surface area contributed by atoms with Crippen molar-refractivity contribution in [3.8, 4) is 0 Å². The average Bonchev–Trinajstić information content (AvgIpc) is 2.38. The zero-order valence-corrected chi connectivity index (χ0v) is 13.7. The summed E-state index contributed by atoms with van der Waals surface area (Å²) in [5, 5.41) is 0.429. The van der Waals surface area contributed by atoms with Crippen molar-refractivity contribution in [2.75, 3.05) is 38.5 Å². The highest BCUT2D eigenvalue weighted by Crippen LogP contribution is 2.21. The molecule has 1 heterocycles. The van der Waals surface area contributed by atoms with Crippen molar-refractivity contribution in [2.24, 2.45) is 0 Å². The van der Waals surface area contributed by atoms with Crippen LogP contribution < -0.4 is 5.73 Å². The number of hydrogen-bond acceptors (Lipinski definition) is 3. The van der Waals surface area contributed by atoms with E-state index < -0.39 is 0 Å². The lowest BCUT2D eigenvalue weighted by atomic mass is 10.1. The highest BCUT2D eigenvalue weighted by atomic mass is 35.5. The first kappa shape index (κ1) is 19.3. The van der Waals surface area contributed by atoms with Gasteiger partial charge in [-0.1, -0.05) is 18.5 Å². The van der Waals surface area contributed by atoms with Crippen LogP contribution in [0.25, 0.3) is 0 Å².